The van der Waals surface area contributed by atoms with Gasteiger partial charge in [-0.1, -0.05) is 6.92 Å². The molecule has 0 bridgehead atoms. The number of hydrogen-bond donors (Lipinski definition) is 1. The summed E-state index contributed by atoms with van der Waals surface area (Å²) in [6.07, 6.45) is 2.44. The number of sulfonamides is 1. The quantitative estimate of drug-likeness (QED) is 0.886. The normalized spacial score (nSPS) is 21.4. The Morgan fingerprint density at radius 3 is 2.71 bits per heavy atom. The molecule has 2 rings (SSSR count). The molecule has 1 saturated heterocycles. The lowest BCUT2D eigenvalue weighted by atomic mass is 10.2. The van der Waals surface area contributed by atoms with Crippen molar-refractivity contribution >= 4 is 15.8 Å². The molecule has 118 valence electrons. The molecule has 0 aromatic carbocycles. The van der Waals surface area contributed by atoms with E-state index in [1.807, 2.05) is 14.0 Å². The van der Waals surface area contributed by atoms with Crippen molar-refractivity contribution in [2.75, 3.05) is 38.5 Å². The van der Waals surface area contributed by atoms with Crippen LogP contribution in [0.4, 0.5) is 5.82 Å². The van der Waals surface area contributed by atoms with Gasteiger partial charge in [0.15, 0.2) is 0 Å². The van der Waals surface area contributed by atoms with Crippen LogP contribution in [0.1, 0.15) is 20.3 Å². The highest BCUT2D eigenvalue weighted by Gasteiger charge is 2.32. The number of anilines is 1. The molecule has 1 atom stereocenters. The van der Waals surface area contributed by atoms with E-state index in [9.17, 15) is 8.42 Å². The lowest BCUT2D eigenvalue weighted by Gasteiger charge is -2.37. The average Bonchev–Trinajstić information content (AvgIpc) is 2.45. The highest BCUT2D eigenvalue weighted by Crippen LogP contribution is 2.21. The van der Waals surface area contributed by atoms with Gasteiger partial charge in [0, 0.05) is 38.4 Å². The fourth-order valence-corrected chi connectivity index (χ4v) is 4.07. The van der Waals surface area contributed by atoms with Gasteiger partial charge >= 0.3 is 0 Å². The number of piperazine rings is 1. The molecule has 6 nitrogen and oxygen atoms in total. The number of likely N-dealkylation sites (N-methyl/N-ethyl adjacent to an activating group) is 1. The third-order valence-electron chi connectivity index (χ3n) is 3.67. The van der Waals surface area contributed by atoms with E-state index >= 15 is 0 Å². The zero-order valence-corrected chi connectivity index (χ0v) is 13.7. The Morgan fingerprint density at radius 2 is 2.14 bits per heavy atom. The van der Waals surface area contributed by atoms with E-state index < -0.39 is 10.0 Å². The highest BCUT2D eigenvalue weighted by molar-refractivity contribution is 7.89. The molecule has 7 heteroatoms. The number of hydrogen-bond acceptors (Lipinski definition) is 5. The molecule has 0 spiro atoms. The lowest BCUT2D eigenvalue weighted by molar-refractivity contribution is 0.170. The molecule has 1 aliphatic heterocycles. The first kappa shape index (κ1) is 16.2. The van der Waals surface area contributed by atoms with Crippen molar-refractivity contribution < 1.29 is 8.42 Å². The Bertz CT molecular complexity index is 559. The van der Waals surface area contributed by atoms with Gasteiger partial charge in [-0.15, -0.1) is 0 Å². The standard InChI is InChI=1S/C14H24N4O2S/c1-4-7-15-14-6-5-13(10-16-14)21(19,20)18-9-8-17(3)11-12(18)2/h5-6,10,12H,4,7-9,11H2,1-3H3,(H,15,16). The van der Waals surface area contributed by atoms with Crippen LogP contribution in [0.15, 0.2) is 23.2 Å². The van der Waals surface area contributed by atoms with Crippen molar-refractivity contribution in [3.05, 3.63) is 18.3 Å². The first-order chi connectivity index (χ1) is 9.95. The van der Waals surface area contributed by atoms with Crippen molar-refractivity contribution in [2.45, 2.75) is 31.2 Å². The average molecular weight is 312 g/mol. The summed E-state index contributed by atoms with van der Waals surface area (Å²) in [4.78, 5) is 6.60. The fourth-order valence-electron chi connectivity index (χ4n) is 2.51. The Hall–Kier alpha value is -1.18. The van der Waals surface area contributed by atoms with Crippen LogP contribution in [-0.2, 0) is 10.0 Å². The molecule has 21 heavy (non-hydrogen) atoms. The molecule has 1 unspecified atom stereocenters. The van der Waals surface area contributed by atoms with E-state index in [4.69, 9.17) is 0 Å². The molecule has 1 N–H and O–H groups in total. The zero-order valence-electron chi connectivity index (χ0n) is 12.9. The Morgan fingerprint density at radius 1 is 1.38 bits per heavy atom. The van der Waals surface area contributed by atoms with E-state index in [-0.39, 0.29) is 10.9 Å². The van der Waals surface area contributed by atoms with E-state index in [0.29, 0.717) is 12.4 Å². The van der Waals surface area contributed by atoms with Gasteiger partial charge in [0.25, 0.3) is 0 Å². The number of nitrogens with one attached hydrogen (secondary N) is 1. The Labute approximate surface area is 127 Å². The Kier molecular flexibility index (Phi) is 5.18. The van der Waals surface area contributed by atoms with Gasteiger partial charge in [-0.25, -0.2) is 13.4 Å². The monoisotopic (exact) mass is 312 g/mol. The SMILES string of the molecule is CCCNc1ccc(S(=O)(=O)N2CCN(C)CC2C)cn1. The third-order valence-corrected chi connectivity index (χ3v) is 5.67. The van der Waals surface area contributed by atoms with Crippen molar-refractivity contribution in [3.63, 3.8) is 0 Å². The molecular formula is C14H24N4O2S. The van der Waals surface area contributed by atoms with Crippen LogP contribution in [0, 0.1) is 0 Å². The summed E-state index contributed by atoms with van der Waals surface area (Å²) in [6, 6.07) is 3.33. The molecule has 0 aliphatic carbocycles. The smallest absolute Gasteiger partial charge is 0.244 e. The lowest BCUT2D eigenvalue weighted by Crippen LogP contribution is -2.52. The molecule has 1 fully saturated rings. The molecule has 1 aliphatic rings. The third kappa shape index (κ3) is 3.72. The largest absolute Gasteiger partial charge is 0.370 e. The summed E-state index contributed by atoms with van der Waals surface area (Å²) >= 11 is 0. The van der Waals surface area contributed by atoms with E-state index in [2.05, 4.69) is 22.1 Å². The molecular weight excluding hydrogens is 288 g/mol. The summed E-state index contributed by atoms with van der Waals surface area (Å²) < 4.78 is 26.9. The van der Waals surface area contributed by atoms with E-state index in [1.54, 1.807) is 16.4 Å². The fraction of sp³-hybridized carbons (Fsp3) is 0.643. The summed E-state index contributed by atoms with van der Waals surface area (Å²) in [6.45, 7) is 6.87. The Balaban J connectivity index is 2.15. The van der Waals surface area contributed by atoms with Gasteiger partial charge in [0.2, 0.25) is 10.0 Å². The summed E-state index contributed by atoms with van der Waals surface area (Å²) in [7, 11) is -1.45. The zero-order chi connectivity index (χ0) is 15.5. The second kappa shape index (κ2) is 6.72. The van der Waals surface area contributed by atoms with Crippen LogP contribution in [0.2, 0.25) is 0 Å². The summed E-state index contributed by atoms with van der Waals surface area (Å²) in [5, 5.41) is 3.14. The minimum Gasteiger partial charge on any atom is -0.370 e. The summed E-state index contributed by atoms with van der Waals surface area (Å²) in [5.41, 5.74) is 0. The first-order valence-corrected chi connectivity index (χ1v) is 8.79. The minimum absolute atomic E-state index is 0.0216. The number of nitrogens with zero attached hydrogens (tertiary/aromatic N) is 3. The van der Waals surface area contributed by atoms with Gasteiger partial charge in [0.1, 0.15) is 10.7 Å². The van der Waals surface area contributed by atoms with Crippen molar-refractivity contribution in [1.29, 1.82) is 0 Å². The van der Waals surface area contributed by atoms with E-state index in [0.717, 1.165) is 26.1 Å². The van der Waals surface area contributed by atoms with Crippen LogP contribution >= 0.6 is 0 Å². The maximum atomic E-state index is 12.7. The van der Waals surface area contributed by atoms with Crippen LogP contribution < -0.4 is 5.32 Å². The number of rotatable bonds is 5. The predicted molar refractivity (Wildman–Crippen MR) is 83.9 cm³/mol. The van der Waals surface area contributed by atoms with Crippen LogP contribution in [0.25, 0.3) is 0 Å². The van der Waals surface area contributed by atoms with Crippen molar-refractivity contribution in [2.24, 2.45) is 0 Å². The predicted octanol–water partition coefficient (Wildman–Crippen LogP) is 1.23. The minimum atomic E-state index is -3.46. The van der Waals surface area contributed by atoms with Crippen LogP contribution in [-0.4, -0.2) is 61.9 Å². The first-order valence-electron chi connectivity index (χ1n) is 7.35. The van der Waals surface area contributed by atoms with Crippen molar-refractivity contribution in [1.82, 2.24) is 14.2 Å². The van der Waals surface area contributed by atoms with E-state index in [1.165, 1.54) is 6.20 Å². The maximum absolute atomic E-state index is 12.7. The molecule has 1 aromatic rings. The molecule has 1 aromatic heterocycles. The molecule has 0 radical (unpaired) electrons. The van der Waals surface area contributed by atoms with Gasteiger partial charge in [0.05, 0.1) is 0 Å². The second-order valence-corrected chi connectivity index (χ2v) is 7.42. The number of aromatic nitrogens is 1. The topological polar surface area (TPSA) is 65.5 Å². The van der Waals surface area contributed by atoms with Gasteiger partial charge in [-0.2, -0.15) is 4.31 Å². The van der Waals surface area contributed by atoms with Gasteiger partial charge in [-0.3, -0.25) is 0 Å². The molecule has 0 saturated carbocycles. The second-order valence-electron chi connectivity index (χ2n) is 5.53. The molecule has 2 heterocycles. The van der Waals surface area contributed by atoms with Gasteiger partial charge in [-0.05, 0) is 32.5 Å². The van der Waals surface area contributed by atoms with Crippen LogP contribution in [0.5, 0.6) is 0 Å². The van der Waals surface area contributed by atoms with Crippen LogP contribution in [0.3, 0.4) is 0 Å². The van der Waals surface area contributed by atoms with Crippen molar-refractivity contribution in [3.8, 4) is 0 Å². The molecule has 0 amide bonds. The van der Waals surface area contributed by atoms with Gasteiger partial charge < -0.3 is 10.2 Å². The maximum Gasteiger partial charge on any atom is 0.244 e. The highest BCUT2D eigenvalue weighted by atomic mass is 32.2. The summed E-state index contributed by atoms with van der Waals surface area (Å²) in [5.74, 6) is 0.710. The number of pyridine rings is 1.